The summed E-state index contributed by atoms with van der Waals surface area (Å²) in [6, 6.07) is 11.3. The summed E-state index contributed by atoms with van der Waals surface area (Å²) >= 11 is 5.16. The van der Waals surface area contributed by atoms with Crippen LogP contribution in [-0.2, 0) is 11.5 Å². The molecule has 4 rings (SSSR count). The fourth-order valence-electron chi connectivity index (χ4n) is 2.89. The second-order valence-corrected chi connectivity index (χ2v) is 7.79. The third-order valence-corrected chi connectivity index (χ3v) is 5.94. The van der Waals surface area contributed by atoms with Gasteiger partial charge in [-0.1, -0.05) is 0 Å². The van der Waals surface area contributed by atoms with E-state index in [2.05, 4.69) is 26.3 Å². The Labute approximate surface area is 168 Å². The number of hydrogen-bond acceptors (Lipinski definition) is 4. The predicted molar refractivity (Wildman–Crippen MR) is 107 cm³/mol. The highest BCUT2D eigenvalue weighted by Crippen LogP contribution is 2.36. The van der Waals surface area contributed by atoms with Crippen LogP contribution in [0.15, 0.2) is 46.9 Å². The third-order valence-electron chi connectivity index (χ3n) is 4.27. The van der Waals surface area contributed by atoms with Crippen LogP contribution in [0.3, 0.4) is 0 Å². The molecule has 0 radical (unpaired) electrons. The highest BCUT2D eigenvalue weighted by molar-refractivity contribution is 9.10. The molecule has 1 amide bonds. The highest BCUT2D eigenvalue weighted by Gasteiger charge is 2.25. The topological polar surface area (TPSA) is 56.1 Å². The van der Waals surface area contributed by atoms with Gasteiger partial charge < -0.3 is 10.1 Å². The Kier molecular flexibility index (Phi) is 4.92. The molecule has 0 bridgehead atoms. The number of carbonyl (C=O) groups excluding carboxylic acids is 1. The van der Waals surface area contributed by atoms with Gasteiger partial charge in [-0.3, -0.25) is 4.79 Å². The van der Waals surface area contributed by atoms with Gasteiger partial charge in [0.2, 0.25) is 0 Å². The second-order valence-electron chi connectivity index (χ2n) is 5.95. The van der Waals surface area contributed by atoms with E-state index in [9.17, 15) is 9.18 Å². The van der Waals surface area contributed by atoms with Gasteiger partial charge in [0.25, 0.3) is 5.91 Å². The van der Waals surface area contributed by atoms with E-state index in [1.54, 1.807) is 53.9 Å². The first kappa shape index (κ1) is 18.1. The number of carbonyl (C=O) groups is 1. The minimum atomic E-state index is -0.320. The quantitative estimate of drug-likeness (QED) is 0.624. The number of nitrogens with one attached hydrogen (secondary N) is 1. The van der Waals surface area contributed by atoms with Crippen molar-refractivity contribution in [1.82, 2.24) is 9.78 Å². The first-order valence-corrected chi connectivity index (χ1v) is 10.1. The molecule has 0 aliphatic carbocycles. The van der Waals surface area contributed by atoms with E-state index >= 15 is 0 Å². The molecule has 0 atom stereocenters. The molecule has 0 saturated carbocycles. The average Bonchev–Trinajstić information content (AvgIpc) is 3.25. The lowest BCUT2D eigenvalue weighted by atomic mass is 10.2. The molecule has 2 aromatic carbocycles. The molecule has 1 aromatic heterocycles. The minimum absolute atomic E-state index is 0.274. The summed E-state index contributed by atoms with van der Waals surface area (Å²) in [4.78, 5) is 12.9. The van der Waals surface area contributed by atoms with Crippen LogP contribution in [0, 0.1) is 5.82 Å². The van der Waals surface area contributed by atoms with Crippen LogP contribution in [-0.4, -0.2) is 22.8 Å². The van der Waals surface area contributed by atoms with Crippen molar-refractivity contribution in [2.24, 2.45) is 0 Å². The van der Waals surface area contributed by atoms with Gasteiger partial charge in [0, 0.05) is 21.5 Å². The first-order chi connectivity index (χ1) is 13.1. The van der Waals surface area contributed by atoms with Crippen molar-refractivity contribution >= 4 is 39.4 Å². The van der Waals surface area contributed by atoms with Gasteiger partial charge >= 0.3 is 0 Å². The van der Waals surface area contributed by atoms with Crippen LogP contribution in [0.4, 0.5) is 10.2 Å². The molecule has 2 heterocycles. The molecule has 1 N–H and O–H groups in total. The number of benzene rings is 2. The van der Waals surface area contributed by atoms with E-state index in [1.165, 1.54) is 12.1 Å². The number of nitrogens with zero attached hydrogens (tertiary/aromatic N) is 2. The smallest absolute Gasteiger partial charge is 0.258 e. The molecule has 5 nitrogen and oxygen atoms in total. The van der Waals surface area contributed by atoms with Gasteiger partial charge in [0.15, 0.2) is 0 Å². The van der Waals surface area contributed by atoms with Gasteiger partial charge in [-0.25, -0.2) is 9.07 Å². The molecule has 1 aliphatic heterocycles. The normalized spacial score (nSPS) is 12.7. The zero-order chi connectivity index (χ0) is 19.0. The molecule has 8 heteroatoms. The summed E-state index contributed by atoms with van der Waals surface area (Å²) in [5.74, 6) is 2.17. The zero-order valence-electron chi connectivity index (χ0n) is 14.3. The lowest BCUT2D eigenvalue weighted by Gasteiger charge is -2.12. The molecule has 1 aliphatic rings. The molecule has 0 fully saturated rings. The van der Waals surface area contributed by atoms with E-state index in [0.717, 1.165) is 22.8 Å². The predicted octanol–water partition coefficient (Wildman–Crippen LogP) is 4.78. The van der Waals surface area contributed by atoms with Crippen LogP contribution in [0.25, 0.3) is 5.69 Å². The van der Waals surface area contributed by atoms with E-state index in [1.807, 2.05) is 0 Å². The van der Waals surface area contributed by atoms with E-state index in [0.29, 0.717) is 27.3 Å². The van der Waals surface area contributed by atoms with Crippen LogP contribution >= 0.6 is 27.7 Å². The van der Waals surface area contributed by atoms with Crippen LogP contribution < -0.4 is 10.1 Å². The number of fused-ring (bicyclic) bond motifs is 1. The Morgan fingerprint density at radius 3 is 2.78 bits per heavy atom. The van der Waals surface area contributed by atoms with Crippen molar-refractivity contribution in [2.75, 3.05) is 12.4 Å². The van der Waals surface area contributed by atoms with Gasteiger partial charge in [-0.15, -0.1) is 0 Å². The molecule has 0 saturated heterocycles. The summed E-state index contributed by atoms with van der Waals surface area (Å²) in [7, 11) is 1.55. The summed E-state index contributed by atoms with van der Waals surface area (Å²) in [6.07, 6.45) is 0. The highest BCUT2D eigenvalue weighted by atomic mass is 79.9. The summed E-state index contributed by atoms with van der Waals surface area (Å²) in [6.45, 7) is 0. The molecular weight excluding hydrogens is 433 g/mol. The van der Waals surface area contributed by atoms with E-state index < -0.39 is 0 Å². The molecule has 3 aromatic rings. The fraction of sp³-hybridized carbons (Fsp3) is 0.158. The fourth-order valence-corrected chi connectivity index (χ4v) is 4.35. The molecule has 0 spiro atoms. The van der Waals surface area contributed by atoms with Gasteiger partial charge in [-0.2, -0.15) is 16.9 Å². The number of thioether (sulfide) groups is 1. The summed E-state index contributed by atoms with van der Waals surface area (Å²) in [5.41, 5.74) is 3.08. The Morgan fingerprint density at radius 1 is 1.26 bits per heavy atom. The summed E-state index contributed by atoms with van der Waals surface area (Å²) < 4.78 is 20.8. The second kappa shape index (κ2) is 7.36. The first-order valence-electron chi connectivity index (χ1n) is 8.16. The Hall–Kier alpha value is -2.32. The molecule has 0 unspecified atom stereocenters. The number of anilines is 1. The van der Waals surface area contributed by atoms with Gasteiger partial charge in [0.1, 0.15) is 17.4 Å². The number of hydrogen-bond donors (Lipinski definition) is 1. The average molecular weight is 448 g/mol. The van der Waals surface area contributed by atoms with Crippen LogP contribution in [0.2, 0.25) is 0 Å². The number of amides is 1. The van der Waals surface area contributed by atoms with Crippen LogP contribution in [0.5, 0.6) is 5.75 Å². The van der Waals surface area contributed by atoms with E-state index in [-0.39, 0.29) is 11.7 Å². The number of methoxy groups -OCH3 is 1. The minimum Gasteiger partial charge on any atom is -0.497 e. The van der Waals surface area contributed by atoms with Crippen molar-refractivity contribution in [3.8, 4) is 11.4 Å². The maximum Gasteiger partial charge on any atom is 0.258 e. The molecular formula is C19H15BrFN3O2S. The third kappa shape index (κ3) is 3.46. The van der Waals surface area contributed by atoms with Gasteiger partial charge in [0.05, 0.1) is 24.1 Å². The number of rotatable bonds is 4. The Balaban J connectivity index is 1.73. The zero-order valence-corrected chi connectivity index (χ0v) is 16.7. The number of ether oxygens (including phenoxy) is 1. The standard InChI is InChI=1S/C19H15BrFN3O2S/c1-26-13-6-7-16(20)14(8-13)19(25)22-18-15-9-27-10-17(15)23-24(18)12-4-2-11(21)3-5-12/h2-8H,9-10H2,1H3,(H,22,25). The van der Waals surface area contributed by atoms with Crippen molar-refractivity contribution in [1.29, 1.82) is 0 Å². The lowest BCUT2D eigenvalue weighted by Crippen LogP contribution is -2.17. The van der Waals surface area contributed by atoms with Crippen molar-refractivity contribution in [3.63, 3.8) is 0 Å². The van der Waals surface area contributed by atoms with E-state index in [4.69, 9.17) is 4.74 Å². The lowest BCUT2D eigenvalue weighted by molar-refractivity contribution is 0.102. The Morgan fingerprint density at radius 2 is 2.04 bits per heavy atom. The van der Waals surface area contributed by atoms with Gasteiger partial charge in [-0.05, 0) is 58.4 Å². The molecule has 138 valence electrons. The maximum atomic E-state index is 13.3. The Bertz CT molecular complexity index is 1020. The number of aromatic nitrogens is 2. The van der Waals surface area contributed by atoms with Crippen molar-refractivity contribution in [3.05, 3.63) is 69.6 Å². The monoisotopic (exact) mass is 447 g/mol. The SMILES string of the molecule is COc1ccc(Br)c(C(=O)Nc2c3c(nn2-c2ccc(F)cc2)CSC3)c1. The van der Waals surface area contributed by atoms with Crippen LogP contribution in [0.1, 0.15) is 21.6 Å². The largest absolute Gasteiger partial charge is 0.497 e. The van der Waals surface area contributed by atoms with Crippen molar-refractivity contribution in [2.45, 2.75) is 11.5 Å². The van der Waals surface area contributed by atoms with Crippen molar-refractivity contribution < 1.29 is 13.9 Å². The number of halogens is 2. The molecule has 27 heavy (non-hydrogen) atoms. The maximum absolute atomic E-state index is 13.3. The summed E-state index contributed by atoms with van der Waals surface area (Å²) in [5, 5.41) is 7.60.